The van der Waals surface area contributed by atoms with Crippen LogP contribution in [-0.4, -0.2) is 6.79 Å². The van der Waals surface area contributed by atoms with E-state index in [1.165, 1.54) is 31.2 Å². The van der Waals surface area contributed by atoms with Crippen LogP contribution >= 0.6 is 0 Å². The molecule has 0 spiro atoms. The van der Waals surface area contributed by atoms with Crippen molar-refractivity contribution in [3.63, 3.8) is 0 Å². The van der Waals surface area contributed by atoms with Crippen molar-refractivity contribution in [3.05, 3.63) is 54.1 Å². The molecule has 0 saturated heterocycles. The van der Waals surface area contributed by atoms with E-state index in [2.05, 4.69) is 41.7 Å². The Bertz CT molecular complexity index is 633. The summed E-state index contributed by atoms with van der Waals surface area (Å²) in [6.45, 7) is 0.322. The third-order valence-corrected chi connectivity index (χ3v) is 4.54. The molecule has 3 nitrogen and oxygen atoms in total. The third-order valence-electron chi connectivity index (χ3n) is 4.54. The van der Waals surface area contributed by atoms with Crippen LogP contribution in [-0.2, 0) is 5.54 Å². The minimum absolute atomic E-state index is 0.0506. The molecule has 1 N–H and O–H groups in total. The largest absolute Gasteiger partial charge is 0.454 e. The van der Waals surface area contributed by atoms with E-state index in [-0.39, 0.29) is 5.54 Å². The van der Waals surface area contributed by atoms with Gasteiger partial charge in [0.2, 0.25) is 6.79 Å². The van der Waals surface area contributed by atoms with Gasteiger partial charge in [0.05, 0.1) is 5.54 Å². The summed E-state index contributed by atoms with van der Waals surface area (Å²) in [5, 5.41) is 3.76. The SMILES string of the molecule is c1ccc(C2(Nc3ccc4c(c3)OCO4)CCCC2)cc1. The van der Waals surface area contributed by atoms with Gasteiger partial charge in [0.15, 0.2) is 11.5 Å². The van der Waals surface area contributed by atoms with Gasteiger partial charge in [-0.15, -0.1) is 0 Å². The summed E-state index contributed by atoms with van der Waals surface area (Å²) in [6, 6.07) is 16.9. The Labute approximate surface area is 124 Å². The molecule has 108 valence electrons. The van der Waals surface area contributed by atoms with Gasteiger partial charge in [-0.05, 0) is 30.5 Å². The molecule has 3 heteroatoms. The number of rotatable bonds is 3. The second-order valence-corrected chi connectivity index (χ2v) is 5.85. The Morgan fingerprint density at radius 3 is 2.43 bits per heavy atom. The van der Waals surface area contributed by atoms with Crippen molar-refractivity contribution in [2.75, 3.05) is 12.1 Å². The van der Waals surface area contributed by atoms with Gasteiger partial charge in [0.1, 0.15) is 0 Å². The van der Waals surface area contributed by atoms with Gasteiger partial charge < -0.3 is 14.8 Å². The molecule has 0 unspecified atom stereocenters. The number of hydrogen-bond donors (Lipinski definition) is 1. The summed E-state index contributed by atoms with van der Waals surface area (Å²) in [7, 11) is 0. The van der Waals surface area contributed by atoms with Crippen LogP contribution in [0, 0.1) is 0 Å². The molecule has 1 aliphatic carbocycles. The second kappa shape index (κ2) is 4.99. The normalized spacial score (nSPS) is 18.7. The quantitative estimate of drug-likeness (QED) is 0.910. The lowest BCUT2D eigenvalue weighted by Gasteiger charge is -2.32. The van der Waals surface area contributed by atoms with Crippen molar-refractivity contribution in [1.82, 2.24) is 0 Å². The van der Waals surface area contributed by atoms with Crippen LogP contribution in [0.4, 0.5) is 5.69 Å². The molecule has 0 aromatic heterocycles. The van der Waals surface area contributed by atoms with Gasteiger partial charge in [-0.2, -0.15) is 0 Å². The predicted molar refractivity (Wildman–Crippen MR) is 82.8 cm³/mol. The molecular formula is C18H19NO2. The molecule has 1 saturated carbocycles. The fraction of sp³-hybridized carbons (Fsp3) is 0.333. The molecule has 0 bridgehead atoms. The first kappa shape index (κ1) is 12.6. The predicted octanol–water partition coefficient (Wildman–Crippen LogP) is 4.30. The molecule has 0 amide bonds. The lowest BCUT2D eigenvalue weighted by Crippen LogP contribution is -2.31. The maximum absolute atomic E-state index is 5.48. The molecule has 0 atom stereocenters. The summed E-state index contributed by atoms with van der Waals surface area (Å²) < 4.78 is 10.9. The van der Waals surface area contributed by atoms with Gasteiger partial charge in [-0.1, -0.05) is 43.2 Å². The highest BCUT2D eigenvalue weighted by atomic mass is 16.7. The average molecular weight is 281 g/mol. The number of nitrogens with one attached hydrogen (secondary N) is 1. The average Bonchev–Trinajstić information content (AvgIpc) is 3.17. The monoisotopic (exact) mass is 281 g/mol. The van der Waals surface area contributed by atoms with Crippen LogP contribution in [0.2, 0.25) is 0 Å². The highest BCUT2D eigenvalue weighted by Crippen LogP contribution is 2.43. The van der Waals surface area contributed by atoms with Crippen molar-refractivity contribution in [2.24, 2.45) is 0 Å². The molecule has 2 aliphatic rings. The van der Waals surface area contributed by atoms with E-state index < -0.39 is 0 Å². The van der Waals surface area contributed by atoms with Gasteiger partial charge in [-0.25, -0.2) is 0 Å². The first-order valence-corrected chi connectivity index (χ1v) is 7.59. The van der Waals surface area contributed by atoms with Crippen molar-refractivity contribution < 1.29 is 9.47 Å². The van der Waals surface area contributed by atoms with Crippen molar-refractivity contribution in [2.45, 2.75) is 31.2 Å². The van der Waals surface area contributed by atoms with E-state index in [0.717, 1.165) is 17.2 Å². The van der Waals surface area contributed by atoms with Crippen LogP contribution in [0.3, 0.4) is 0 Å². The zero-order valence-electron chi connectivity index (χ0n) is 12.0. The first-order valence-electron chi connectivity index (χ1n) is 7.59. The van der Waals surface area contributed by atoms with Crippen LogP contribution in [0.1, 0.15) is 31.2 Å². The van der Waals surface area contributed by atoms with E-state index in [4.69, 9.17) is 9.47 Å². The topological polar surface area (TPSA) is 30.5 Å². The fourth-order valence-corrected chi connectivity index (χ4v) is 3.47. The molecule has 21 heavy (non-hydrogen) atoms. The second-order valence-electron chi connectivity index (χ2n) is 5.85. The lowest BCUT2D eigenvalue weighted by molar-refractivity contribution is 0.174. The van der Waals surface area contributed by atoms with E-state index in [9.17, 15) is 0 Å². The zero-order valence-corrected chi connectivity index (χ0v) is 12.0. The van der Waals surface area contributed by atoms with E-state index in [0.29, 0.717) is 6.79 Å². The van der Waals surface area contributed by atoms with Crippen LogP contribution < -0.4 is 14.8 Å². The number of fused-ring (bicyclic) bond motifs is 1. The molecule has 0 radical (unpaired) electrons. The molecule has 2 aromatic carbocycles. The number of anilines is 1. The summed E-state index contributed by atoms with van der Waals surface area (Å²) in [5.74, 6) is 1.67. The van der Waals surface area contributed by atoms with Crippen LogP contribution in [0.5, 0.6) is 11.5 Å². The Balaban J connectivity index is 1.67. The molecule has 1 fully saturated rings. The maximum atomic E-state index is 5.48. The first-order chi connectivity index (χ1) is 10.4. The maximum Gasteiger partial charge on any atom is 0.231 e. The molecule has 1 heterocycles. The summed E-state index contributed by atoms with van der Waals surface area (Å²) in [5.41, 5.74) is 2.53. The Morgan fingerprint density at radius 2 is 1.62 bits per heavy atom. The number of benzene rings is 2. The lowest BCUT2D eigenvalue weighted by atomic mass is 9.88. The third kappa shape index (κ3) is 2.23. The zero-order chi connectivity index (χ0) is 14.1. The fourth-order valence-electron chi connectivity index (χ4n) is 3.47. The van der Waals surface area contributed by atoms with Gasteiger partial charge in [0.25, 0.3) is 0 Å². The summed E-state index contributed by atoms with van der Waals surface area (Å²) >= 11 is 0. The smallest absolute Gasteiger partial charge is 0.231 e. The molecular weight excluding hydrogens is 262 g/mol. The Kier molecular flexibility index (Phi) is 2.99. The van der Waals surface area contributed by atoms with Crippen LogP contribution in [0.15, 0.2) is 48.5 Å². The van der Waals surface area contributed by atoms with Gasteiger partial charge >= 0.3 is 0 Å². The Hall–Kier alpha value is -2.16. The van der Waals surface area contributed by atoms with Crippen LogP contribution in [0.25, 0.3) is 0 Å². The standard InChI is InChI=1S/C18H19NO2/c1-2-6-14(7-3-1)18(10-4-5-11-18)19-15-8-9-16-17(12-15)21-13-20-16/h1-3,6-9,12,19H,4-5,10-11,13H2. The van der Waals surface area contributed by atoms with Crippen molar-refractivity contribution in [1.29, 1.82) is 0 Å². The summed E-state index contributed by atoms with van der Waals surface area (Å²) in [4.78, 5) is 0. The molecule has 4 rings (SSSR count). The van der Waals surface area contributed by atoms with Crippen molar-refractivity contribution >= 4 is 5.69 Å². The minimum Gasteiger partial charge on any atom is -0.454 e. The van der Waals surface area contributed by atoms with E-state index in [1.54, 1.807) is 0 Å². The van der Waals surface area contributed by atoms with E-state index in [1.807, 2.05) is 12.1 Å². The minimum atomic E-state index is 0.0506. The highest BCUT2D eigenvalue weighted by Gasteiger charge is 2.35. The number of hydrogen-bond acceptors (Lipinski definition) is 3. The Morgan fingerprint density at radius 1 is 0.857 bits per heavy atom. The van der Waals surface area contributed by atoms with Gasteiger partial charge in [-0.3, -0.25) is 0 Å². The van der Waals surface area contributed by atoms with E-state index >= 15 is 0 Å². The number of ether oxygens (including phenoxy) is 2. The highest BCUT2D eigenvalue weighted by molar-refractivity contribution is 5.57. The van der Waals surface area contributed by atoms with Gasteiger partial charge in [0, 0.05) is 11.8 Å². The summed E-state index contributed by atoms with van der Waals surface area (Å²) in [6.07, 6.45) is 4.88. The molecule has 2 aromatic rings. The molecule has 1 aliphatic heterocycles. The van der Waals surface area contributed by atoms with Crippen molar-refractivity contribution in [3.8, 4) is 11.5 Å².